The number of carbonyl (C=O) groups excluding carboxylic acids is 1. The van der Waals surface area contributed by atoms with Crippen molar-refractivity contribution in [1.82, 2.24) is 0 Å². The molecule has 3 rings (SSSR count). The minimum atomic E-state index is -0.132. The van der Waals surface area contributed by atoms with Crippen LogP contribution in [0, 0.1) is 11.3 Å². The van der Waals surface area contributed by atoms with Crippen LogP contribution in [0.25, 0.3) is 0 Å². The molecular weight excluding hydrogens is 348 g/mol. The first kappa shape index (κ1) is 18.2. The van der Waals surface area contributed by atoms with Crippen LogP contribution in [0.5, 0.6) is 0 Å². The summed E-state index contributed by atoms with van der Waals surface area (Å²) in [6, 6.07) is 16.8. The minimum Gasteiger partial charge on any atom is -0.360 e. The highest BCUT2D eigenvalue weighted by Gasteiger charge is 2.29. The zero-order valence-electron chi connectivity index (χ0n) is 14.7. The average Bonchev–Trinajstić information content (AvgIpc) is 2.68. The van der Waals surface area contributed by atoms with E-state index in [1.807, 2.05) is 25.1 Å². The molecule has 1 atom stereocenters. The Kier molecular flexibility index (Phi) is 5.77. The lowest BCUT2D eigenvalue weighted by atomic mass is 10.2. The fourth-order valence-electron chi connectivity index (χ4n) is 3.22. The molecule has 1 heterocycles. The third-order valence-corrected chi connectivity index (χ3v) is 5.10. The zero-order valence-corrected chi connectivity index (χ0v) is 15.5. The number of halogens is 1. The quantitative estimate of drug-likeness (QED) is 0.866. The Morgan fingerprint density at radius 2 is 1.92 bits per heavy atom. The second-order valence-electron chi connectivity index (χ2n) is 6.53. The molecule has 0 bridgehead atoms. The smallest absolute Gasteiger partial charge is 0.282 e. The van der Waals surface area contributed by atoms with Gasteiger partial charge in [-0.05, 0) is 49.4 Å². The second kappa shape index (κ2) is 8.22. The molecule has 1 saturated heterocycles. The van der Waals surface area contributed by atoms with Crippen LogP contribution in [-0.4, -0.2) is 38.1 Å². The van der Waals surface area contributed by atoms with E-state index in [0.717, 1.165) is 42.6 Å². The first-order valence-electron chi connectivity index (χ1n) is 8.73. The lowest BCUT2D eigenvalue weighted by molar-refractivity contribution is -0.914. The SMILES string of the molecule is C[C@H](C(=O)Nc1ccc(C#N)cc1)[NH+]1CCN(c2cccc(Cl)c2)CC1. The summed E-state index contributed by atoms with van der Waals surface area (Å²) in [7, 11) is 0. The third-order valence-electron chi connectivity index (χ3n) is 4.87. The average molecular weight is 370 g/mol. The number of nitrogens with one attached hydrogen (secondary N) is 2. The van der Waals surface area contributed by atoms with Crippen molar-refractivity contribution in [2.75, 3.05) is 36.4 Å². The largest absolute Gasteiger partial charge is 0.360 e. The van der Waals surface area contributed by atoms with E-state index in [1.165, 1.54) is 4.90 Å². The summed E-state index contributed by atoms with van der Waals surface area (Å²) in [5, 5.41) is 12.5. The van der Waals surface area contributed by atoms with Crippen molar-refractivity contribution in [2.45, 2.75) is 13.0 Å². The molecule has 0 aliphatic carbocycles. The number of benzene rings is 2. The Morgan fingerprint density at radius 3 is 2.54 bits per heavy atom. The summed E-state index contributed by atoms with van der Waals surface area (Å²) >= 11 is 6.08. The predicted octanol–water partition coefficient (Wildman–Crippen LogP) is 1.94. The number of hydrogen-bond donors (Lipinski definition) is 2. The molecule has 1 amide bonds. The van der Waals surface area contributed by atoms with Gasteiger partial charge < -0.3 is 15.1 Å². The van der Waals surface area contributed by atoms with Crippen LogP contribution in [-0.2, 0) is 4.79 Å². The van der Waals surface area contributed by atoms with E-state index < -0.39 is 0 Å². The zero-order chi connectivity index (χ0) is 18.5. The lowest BCUT2D eigenvalue weighted by Crippen LogP contribution is -3.19. The summed E-state index contributed by atoms with van der Waals surface area (Å²) in [6.07, 6.45) is 0. The van der Waals surface area contributed by atoms with E-state index in [9.17, 15) is 4.79 Å². The maximum absolute atomic E-state index is 12.5. The van der Waals surface area contributed by atoms with Gasteiger partial charge in [0.1, 0.15) is 0 Å². The molecule has 0 aromatic heterocycles. The van der Waals surface area contributed by atoms with Crippen LogP contribution in [0.15, 0.2) is 48.5 Å². The number of anilines is 2. The van der Waals surface area contributed by atoms with Crippen LogP contribution in [0.1, 0.15) is 12.5 Å². The van der Waals surface area contributed by atoms with Gasteiger partial charge in [-0.1, -0.05) is 17.7 Å². The van der Waals surface area contributed by atoms with E-state index in [4.69, 9.17) is 16.9 Å². The fourth-order valence-corrected chi connectivity index (χ4v) is 3.41. The van der Waals surface area contributed by atoms with Crippen molar-refractivity contribution in [1.29, 1.82) is 5.26 Å². The highest BCUT2D eigenvalue weighted by Crippen LogP contribution is 2.19. The molecule has 2 N–H and O–H groups in total. The molecule has 1 aliphatic heterocycles. The molecule has 134 valence electrons. The molecule has 1 aliphatic rings. The number of rotatable bonds is 4. The number of amides is 1. The van der Waals surface area contributed by atoms with Gasteiger partial charge in [0.05, 0.1) is 37.8 Å². The standard InChI is InChI=1S/C20H21ClN4O/c1-15(20(26)23-18-7-5-16(14-22)6-8-18)24-9-11-25(12-10-24)19-4-2-3-17(21)13-19/h2-8,13,15H,9-12H2,1H3,(H,23,26)/p+1/t15-/m1/s1. The number of piperazine rings is 1. The Hall–Kier alpha value is -2.55. The summed E-state index contributed by atoms with van der Waals surface area (Å²) in [5.41, 5.74) is 2.43. The number of quaternary nitrogens is 1. The molecule has 0 spiro atoms. The van der Waals surface area contributed by atoms with Crippen molar-refractivity contribution >= 4 is 28.9 Å². The van der Waals surface area contributed by atoms with E-state index >= 15 is 0 Å². The van der Waals surface area contributed by atoms with Crippen molar-refractivity contribution in [2.24, 2.45) is 0 Å². The van der Waals surface area contributed by atoms with Gasteiger partial charge in [0.2, 0.25) is 0 Å². The maximum Gasteiger partial charge on any atom is 0.282 e. The van der Waals surface area contributed by atoms with E-state index in [1.54, 1.807) is 24.3 Å². The van der Waals surface area contributed by atoms with Gasteiger partial charge in [-0.15, -0.1) is 0 Å². The Balaban J connectivity index is 1.54. The number of nitriles is 1. The molecule has 0 radical (unpaired) electrons. The van der Waals surface area contributed by atoms with Gasteiger partial charge in [-0.3, -0.25) is 4.79 Å². The predicted molar refractivity (Wildman–Crippen MR) is 104 cm³/mol. The van der Waals surface area contributed by atoms with Crippen molar-refractivity contribution in [3.05, 3.63) is 59.1 Å². The Labute approximate surface area is 158 Å². The van der Waals surface area contributed by atoms with E-state index in [-0.39, 0.29) is 11.9 Å². The molecule has 2 aromatic rings. The first-order chi connectivity index (χ1) is 12.6. The molecule has 5 nitrogen and oxygen atoms in total. The monoisotopic (exact) mass is 369 g/mol. The highest BCUT2D eigenvalue weighted by atomic mass is 35.5. The molecular formula is C20H22ClN4O+. The van der Waals surface area contributed by atoms with Crippen LogP contribution >= 0.6 is 11.6 Å². The Bertz CT molecular complexity index is 807. The molecule has 0 unspecified atom stereocenters. The number of carbonyl (C=O) groups is 1. The normalized spacial score (nSPS) is 16.0. The summed E-state index contributed by atoms with van der Waals surface area (Å²) < 4.78 is 0. The van der Waals surface area contributed by atoms with Crippen molar-refractivity contribution in [3.63, 3.8) is 0 Å². The molecule has 26 heavy (non-hydrogen) atoms. The molecule has 1 fully saturated rings. The lowest BCUT2D eigenvalue weighted by Gasteiger charge is -2.36. The second-order valence-corrected chi connectivity index (χ2v) is 6.96. The topological polar surface area (TPSA) is 60.6 Å². The van der Waals surface area contributed by atoms with Gasteiger partial charge in [-0.25, -0.2) is 0 Å². The summed E-state index contributed by atoms with van der Waals surface area (Å²) in [4.78, 5) is 16.1. The van der Waals surface area contributed by atoms with Crippen molar-refractivity contribution < 1.29 is 9.69 Å². The van der Waals surface area contributed by atoms with Crippen LogP contribution in [0.2, 0.25) is 5.02 Å². The van der Waals surface area contributed by atoms with E-state index in [2.05, 4.69) is 22.4 Å². The van der Waals surface area contributed by atoms with Crippen LogP contribution < -0.4 is 15.1 Å². The van der Waals surface area contributed by atoms with Gasteiger partial charge in [0.15, 0.2) is 6.04 Å². The number of nitrogens with zero attached hydrogens (tertiary/aromatic N) is 2. The summed E-state index contributed by atoms with van der Waals surface area (Å²) in [6.45, 7) is 5.54. The highest BCUT2D eigenvalue weighted by molar-refractivity contribution is 6.30. The van der Waals surface area contributed by atoms with Gasteiger partial charge >= 0.3 is 0 Å². The van der Waals surface area contributed by atoms with Gasteiger partial charge in [0.25, 0.3) is 5.91 Å². The Morgan fingerprint density at radius 1 is 1.23 bits per heavy atom. The summed E-state index contributed by atoms with van der Waals surface area (Å²) in [5.74, 6) is 0.000846. The van der Waals surface area contributed by atoms with Crippen LogP contribution in [0.3, 0.4) is 0 Å². The van der Waals surface area contributed by atoms with Crippen molar-refractivity contribution in [3.8, 4) is 6.07 Å². The third kappa shape index (κ3) is 4.34. The maximum atomic E-state index is 12.5. The molecule has 0 saturated carbocycles. The van der Waals surface area contributed by atoms with Crippen LogP contribution in [0.4, 0.5) is 11.4 Å². The first-order valence-corrected chi connectivity index (χ1v) is 9.11. The fraction of sp³-hybridized carbons (Fsp3) is 0.300. The number of hydrogen-bond acceptors (Lipinski definition) is 3. The van der Waals surface area contributed by atoms with Gasteiger partial charge in [0, 0.05) is 16.4 Å². The molecule has 6 heteroatoms. The molecule has 2 aromatic carbocycles. The minimum absolute atomic E-state index is 0.000846. The van der Waals surface area contributed by atoms with Gasteiger partial charge in [-0.2, -0.15) is 5.26 Å². The van der Waals surface area contributed by atoms with E-state index in [0.29, 0.717) is 5.56 Å².